The third-order valence-electron chi connectivity index (χ3n) is 4.28. The summed E-state index contributed by atoms with van der Waals surface area (Å²) < 4.78 is 12.0. The molecule has 4 rings (SSSR count). The van der Waals surface area contributed by atoms with Crippen LogP contribution in [0.4, 0.5) is 0 Å². The van der Waals surface area contributed by atoms with Gasteiger partial charge in [0.05, 0.1) is 18.3 Å². The first-order valence-electron chi connectivity index (χ1n) is 8.35. The number of cyclic esters (lactones) is 1. The minimum absolute atomic E-state index is 0.137. The number of carbonyl (C=O) groups excluding carboxylic acids is 2. The second-order valence-electron chi connectivity index (χ2n) is 6.05. The molecule has 2 heterocycles. The molecule has 6 nitrogen and oxygen atoms in total. The van der Waals surface area contributed by atoms with Crippen LogP contribution >= 0.6 is 0 Å². The first kappa shape index (κ1) is 16.8. The molecule has 0 aliphatic carbocycles. The lowest BCUT2D eigenvalue weighted by Crippen LogP contribution is -2.08. The van der Waals surface area contributed by atoms with Gasteiger partial charge in [-0.3, -0.25) is 9.36 Å². The van der Waals surface area contributed by atoms with Crippen molar-refractivity contribution in [3.05, 3.63) is 71.6 Å². The summed E-state index contributed by atoms with van der Waals surface area (Å²) in [4.78, 5) is 28.7. The van der Waals surface area contributed by atoms with Crippen LogP contribution in [0.3, 0.4) is 0 Å². The molecule has 0 fully saturated rings. The molecule has 0 spiro atoms. The summed E-state index contributed by atoms with van der Waals surface area (Å²) in [6.45, 7) is 1.48. The standard InChI is InChI=1S/C21H16N2O4/c1-13(24)23-16(10-14-6-3-4-9-19(14)23)12-18-21(25)27-20(22-18)15-7-5-8-17(11-15)26-2/h3-12H,1-2H3/b18-12+. The Bertz CT molecular complexity index is 1140. The van der Waals surface area contributed by atoms with E-state index in [9.17, 15) is 9.59 Å². The lowest BCUT2D eigenvalue weighted by atomic mass is 10.2. The highest BCUT2D eigenvalue weighted by Gasteiger charge is 2.25. The summed E-state index contributed by atoms with van der Waals surface area (Å²) in [5.41, 5.74) is 2.13. The summed E-state index contributed by atoms with van der Waals surface area (Å²) in [6.07, 6.45) is 1.57. The van der Waals surface area contributed by atoms with Crippen molar-refractivity contribution in [1.29, 1.82) is 0 Å². The van der Waals surface area contributed by atoms with Gasteiger partial charge in [-0.25, -0.2) is 9.79 Å². The van der Waals surface area contributed by atoms with Gasteiger partial charge >= 0.3 is 5.97 Å². The van der Waals surface area contributed by atoms with Gasteiger partial charge in [-0.05, 0) is 36.4 Å². The molecule has 0 saturated heterocycles. The molecule has 1 aromatic heterocycles. The maximum Gasteiger partial charge on any atom is 0.363 e. The number of para-hydroxylation sites is 1. The molecule has 0 unspecified atom stereocenters. The Hall–Kier alpha value is -3.67. The fourth-order valence-electron chi connectivity index (χ4n) is 3.06. The second kappa shape index (κ2) is 6.57. The Morgan fingerprint density at radius 2 is 1.96 bits per heavy atom. The van der Waals surface area contributed by atoms with E-state index >= 15 is 0 Å². The molecule has 0 N–H and O–H groups in total. The first-order valence-corrected chi connectivity index (χ1v) is 8.35. The van der Waals surface area contributed by atoms with Crippen LogP contribution in [0.2, 0.25) is 0 Å². The van der Waals surface area contributed by atoms with E-state index in [1.54, 1.807) is 42.0 Å². The van der Waals surface area contributed by atoms with E-state index in [0.29, 0.717) is 17.0 Å². The maximum atomic E-state index is 12.3. The van der Waals surface area contributed by atoms with E-state index in [0.717, 1.165) is 10.9 Å². The molecule has 1 aliphatic rings. The highest BCUT2D eigenvalue weighted by molar-refractivity contribution is 6.13. The topological polar surface area (TPSA) is 69.9 Å². The Balaban J connectivity index is 1.79. The van der Waals surface area contributed by atoms with Crippen LogP contribution in [0.15, 0.2) is 65.3 Å². The van der Waals surface area contributed by atoms with Crippen molar-refractivity contribution >= 4 is 34.8 Å². The molecular formula is C21H16N2O4. The highest BCUT2D eigenvalue weighted by atomic mass is 16.6. The summed E-state index contributed by atoms with van der Waals surface area (Å²) in [5, 5.41) is 0.905. The van der Waals surface area contributed by atoms with E-state index in [1.165, 1.54) is 6.92 Å². The number of ether oxygens (including phenoxy) is 2. The smallest absolute Gasteiger partial charge is 0.363 e. The van der Waals surface area contributed by atoms with E-state index < -0.39 is 5.97 Å². The van der Waals surface area contributed by atoms with Gasteiger partial charge in [-0.1, -0.05) is 24.3 Å². The zero-order valence-corrected chi connectivity index (χ0v) is 14.8. The number of rotatable bonds is 3. The van der Waals surface area contributed by atoms with Crippen molar-refractivity contribution in [3.63, 3.8) is 0 Å². The Kier molecular flexibility index (Phi) is 4.08. The van der Waals surface area contributed by atoms with Crippen LogP contribution in [0, 0.1) is 0 Å². The lowest BCUT2D eigenvalue weighted by molar-refractivity contribution is -0.129. The fourth-order valence-corrected chi connectivity index (χ4v) is 3.06. The number of aromatic nitrogens is 1. The van der Waals surface area contributed by atoms with Crippen LogP contribution in [-0.4, -0.2) is 29.5 Å². The second-order valence-corrected chi connectivity index (χ2v) is 6.05. The average molecular weight is 360 g/mol. The minimum atomic E-state index is -0.562. The number of hydrogen-bond acceptors (Lipinski definition) is 5. The number of fused-ring (bicyclic) bond motifs is 1. The van der Waals surface area contributed by atoms with Crippen molar-refractivity contribution in [1.82, 2.24) is 4.57 Å². The van der Waals surface area contributed by atoms with Crippen molar-refractivity contribution < 1.29 is 19.1 Å². The van der Waals surface area contributed by atoms with Gasteiger partial charge in [-0.2, -0.15) is 0 Å². The average Bonchev–Trinajstić information content (AvgIpc) is 3.22. The SMILES string of the molecule is COc1cccc(C2=N/C(=C/c3cc4ccccc4n3C(C)=O)C(=O)O2)c1. The molecule has 0 saturated carbocycles. The number of benzene rings is 2. The van der Waals surface area contributed by atoms with Gasteiger partial charge in [0, 0.05) is 17.9 Å². The van der Waals surface area contributed by atoms with Crippen molar-refractivity contribution in [2.24, 2.45) is 4.99 Å². The van der Waals surface area contributed by atoms with E-state index in [1.807, 2.05) is 30.3 Å². The number of aliphatic imine (C=N–C) groups is 1. The highest BCUT2D eigenvalue weighted by Crippen LogP contribution is 2.25. The predicted octanol–water partition coefficient (Wildman–Crippen LogP) is 3.65. The first-order chi connectivity index (χ1) is 13.1. The van der Waals surface area contributed by atoms with Gasteiger partial charge in [0.15, 0.2) is 5.70 Å². The number of hydrogen-bond donors (Lipinski definition) is 0. The lowest BCUT2D eigenvalue weighted by Gasteiger charge is -2.02. The molecule has 1 aliphatic heterocycles. The normalized spacial score (nSPS) is 15.1. The number of carbonyl (C=O) groups is 2. The van der Waals surface area contributed by atoms with E-state index in [4.69, 9.17) is 9.47 Å². The molecule has 0 amide bonds. The third kappa shape index (κ3) is 3.01. The minimum Gasteiger partial charge on any atom is -0.497 e. The van der Waals surface area contributed by atoms with E-state index in [2.05, 4.69) is 4.99 Å². The van der Waals surface area contributed by atoms with Crippen LogP contribution in [0.5, 0.6) is 5.75 Å². The molecule has 6 heteroatoms. The number of nitrogens with zero attached hydrogens (tertiary/aromatic N) is 2. The van der Waals surface area contributed by atoms with Gasteiger partial charge in [0.25, 0.3) is 0 Å². The Labute approximate surface area is 155 Å². The van der Waals surface area contributed by atoms with Crippen molar-refractivity contribution in [2.75, 3.05) is 7.11 Å². The maximum absolute atomic E-state index is 12.3. The summed E-state index contributed by atoms with van der Waals surface area (Å²) in [7, 11) is 1.56. The third-order valence-corrected chi connectivity index (χ3v) is 4.28. The van der Waals surface area contributed by atoms with Crippen molar-refractivity contribution in [2.45, 2.75) is 6.92 Å². The molecule has 134 valence electrons. The van der Waals surface area contributed by atoms with Gasteiger partial charge in [0.1, 0.15) is 5.75 Å². The molecule has 0 bridgehead atoms. The van der Waals surface area contributed by atoms with Crippen LogP contribution in [0.1, 0.15) is 23.0 Å². The molecule has 2 aromatic carbocycles. The summed E-state index contributed by atoms with van der Waals surface area (Å²) >= 11 is 0. The molecule has 0 atom stereocenters. The zero-order valence-electron chi connectivity index (χ0n) is 14.8. The monoisotopic (exact) mass is 360 g/mol. The van der Waals surface area contributed by atoms with Crippen LogP contribution in [-0.2, 0) is 9.53 Å². The Morgan fingerprint density at radius 3 is 2.74 bits per heavy atom. The van der Waals surface area contributed by atoms with Gasteiger partial charge < -0.3 is 9.47 Å². The zero-order chi connectivity index (χ0) is 19.0. The molecule has 27 heavy (non-hydrogen) atoms. The number of methoxy groups -OCH3 is 1. The summed E-state index contributed by atoms with van der Waals surface area (Å²) in [5.74, 6) is 0.135. The molecule has 0 radical (unpaired) electrons. The molecular weight excluding hydrogens is 344 g/mol. The van der Waals surface area contributed by atoms with Crippen LogP contribution in [0.25, 0.3) is 17.0 Å². The van der Waals surface area contributed by atoms with Gasteiger partial charge in [-0.15, -0.1) is 0 Å². The summed E-state index contributed by atoms with van der Waals surface area (Å²) in [6, 6.07) is 16.5. The quantitative estimate of drug-likeness (QED) is 0.528. The van der Waals surface area contributed by atoms with E-state index in [-0.39, 0.29) is 17.5 Å². The predicted molar refractivity (Wildman–Crippen MR) is 102 cm³/mol. The van der Waals surface area contributed by atoms with Gasteiger partial charge in [0.2, 0.25) is 11.8 Å². The van der Waals surface area contributed by atoms with Crippen molar-refractivity contribution in [3.8, 4) is 5.75 Å². The number of esters is 1. The Morgan fingerprint density at radius 1 is 1.15 bits per heavy atom. The fraction of sp³-hybridized carbons (Fsp3) is 0.0952. The largest absolute Gasteiger partial charge is 0.497 e. The van der Waals surface area contributed by atoms with Crippen LogP contribution < -0.4 is 4.74 Å². The molecule has 3 aromatic rings.